The first-order valence-electron chi connectivity index (χ1n) is 5.84. The van der Waals surface area contributed by atoms with Crippen LogP contribution >= 0.6 is 22.7 Å². The van der Waals surface area contributed by atoms with Gasteiger partial charge in [-0.1, -0.05) is 0 Å². The molecule has 0 aliphatic heterocycles. The van der Waals surface area contributed by atoms with E-state index in [1.54, 1.807) is 22.7 Å². The van der Waals surface area contributed by atoms with Gasteiger partial charge in [-0.3, -0.25) is 0 Å². The van der Waals surface area contributed by atoms with Gasteiger partial charge in [0.05, 0.1) is 6.04 Å². The fourth-order valence-electron chi connectivity index (χ4n) is 1.89. The van der Waals surface area contributed by atoms with Crippen molar-refractivity contribution in [2.45, 2.75) is 39.3 Å². The minimum atomic E-state index is 0.335. The van der Waals surface area contributed by atoms with Crippen LogP contribution in [0, 0.1) is 6.92 Å². The molecule has 2 aromatic rings. The zero-order valence-corrected chi connectivity index (χ0v) is 12.1. The topological polar surface area (TPSA) is 24.9 Å². The summed E-state index contributed by atoms with van der Waals surface area (Å²) in [7, 11) is 0. The van der Waals surface area contributed by atoms with Gasteiger partial charge in [0, 0.05) is 17.1 Å². The van der Waals surface area contributed by atoms with E-state index in [9.17, 15) is 0 Å². The van der Waals surface area contributed by atoms with E-state index in [-0.39, 0.29) is 0 Å². The molecule has 0 radical (unpaired) electrons. The molecular formula is C13H18N2S2. The second-order valence-corrected chi connectivity index (χ2v) is 6.48. The first-order valence-corrected chi connectivity index (χ1v) is 7.60. The minimum absolute atomic E-state index is 0.335. The number of nitrogens with one attached hydrogen (secondary N) is 1. The lowest BCUT2D eigenvalue weighted by Crippen LogP contribution is -2.30. The highest BCUT2D eigenvalue weighted by Crippen LogP contribution is 2.20. The molecule has 0 saturated carbocycles. The lowest BCUT2D eigenvalue weighted by molar-refractivity contribution is 0.476. The minimum Gasteiger partial charge on any atom is -0.305 e. The Morgan fingerprint density at radius 3 is 2.82 bits per heavy atom. The molecule has 4 heteroatoms. The third-order valence-electron chi connectivity index (χ3n) is 2.67. The van der Waals surface area contributed by atoms with E-state index in [0.29, 0.717) is 12.1 Å². The van der Waals surface area contributed by atoms with Crippen LogP contribution in [-0.4, -0.2) is 11.0 Å². The van der Waals surface area contributed by atoms with Crippen LogP contribution in [0.3, 0.4) is 0 Å². The highest BCUT2D eigenvalue weighted by atomic mass is 32.1. The molecule has 0 fully saturated rings. The molecule has 0 amide bonds. The average Bonchev–Trinajstić information content (AvgIpc) is 2.89. The number of thiazole rings is 1. The maximum atomic E-state index is 4.42. The fraction of sp³-hybridized carbons (Fsp3) is 0.462. The summed E-state index contributed by atoms with van der Waals surface area (Å²) < 4.78 is 0. The molecule has 0 aliphatic carbocycles. The highest BCUT2D eigenvalue weighted by Gasteiger charge is 2.12. The molecule has 2 nitrogen and oxygen atoms in total. The summed E-state index contributed by atoms with van der Waals surface area (Å²) in [6, 6.07) is 3.01. The maximum Gasteiger partial charge on any atom is 0.109 e. The zero-order valence-electron chi connectivity index (χ0n) is 10.4. The van der Waals surface area contributed by atoms with Crippen LogP contribution in [0.2, 0.25) is 0 Å². The van der Waals surface area contributed by atoms with Crippen LogP contribution in [0.1, 0.15) is 35.3 Å². The van der Waals surface area contributed by atoms with Gasteiger partial charge >= 0.3 is 0 Å². The average molecular weight is 266 g/mol. The molecule has 0 aromatic carbocycles. The summed E-state index contributed by atoms with van der Waals surface area (Å²) in [4.78, 5) is 5.70. The Labute approximate surface area is 111 Å². The summed E-state index contributed by atoms with van der Waals surface area (Å²) in [5.74, 6) is 0. The third-order valence-corrected chi connectivity index (χ3v) is 4.49. The van der Waals surface area contributed by atoms with E-state index in [1.807, 2.05) is 6.20 Å². The van der Waals surface area contributed by atoms with Gasteiger partial charge in [-0.25, -0.2) is 4.98 Å². The Bertz CT molecular complexity index is 448. The van der Waals surface area contributed by atoms with Crippen molar-refractivity contribution in [2.24, 2.45) is 0 Å². The molecule has 0 bridgehead atoms. The van der Waals surface area contributed by atoms with E-state index >= 15 is 0 Å². The van der Waals surface area contributed by atoms with Gasteiger partial charge in [0.2, 0.25) is 0 Å². The Kier molecular flexibility index (Phi) is 4.31. The monoisotopic (exact) mass is 266 g/mol. The predicted octanol–water partition coefficient (Wildman–Crippen LogP) is 3.79. The molecule has 2 heterocycles. The lowest BCUT2D eigenvalue weighted by atomic mass is 10.1. The first kappa shape index (κ1) is 12.7. The number of thiophene rings is 1. The summed E-state index contributed by atoms with van der Waals surface area (Å²) in [6.45, 7) is 6.51. The van der Waals surface area contributed by atoms with Gasteiger partial charge in [0.1, 0.15) is 5.01 Å². The van der Waals surface area contributed by atoms with Crippen molar-refractivity contribution in [2.75, 3.05) is 0 Å². The summed E-state index contributed by atoms with van der Waals surface area (Å²) >= 11 is 3.54. The van der Waals surface area contributed by atoms with Crippen molar-refractivity contribution in [3.63, 3.8) is 0 Å². The molecule has 2 atom stereocenters. The smallest absolute Gasteiger partial charge is 0.109 e. The largest absolute Gasteiger partial charge is 0.305 e. The van der Waals surface area contributed by atoms with Crippen molar-refractivity contribution < 1.29 is 0 Å². The Hall–Kier alpha value is -0.710. The van der Waals surface area contributed by atoms with Crippen molar-refractivity contribution >= 4 is 22.7 Å². The lowest BCUT2D eigenvalue weighted by Gasteiger charge is -2.17. The molecule has 0 spiro atoms. The van der Waals surface area contributed by atoms with Gasteiger partial charge < -0.3 is 5.32 Å². The van der Waals surface area contributed by atoms with Gasteiger partial charge in [0.25, 0.3) is 0 Å². The molecule has 2 aromatic heterocycles. The number of hydrogen-bond acceptors (Lipinski definition) is 4. The first-order chi connectivity index (χ1) is 8.15. The fourth-order valence-corrected chi connectivity index (χ4v) is 3.36. The number of hydrogen-bond donors (Lipinski definition) is 1. The van der Waals surface area contributed by atoms with Gasteiger partial charge in [-0.05, 0) is 49.6 Å². The SMILES string of the molecule is Cc1cnc([C@H](C)N[C@H](C)Cc2ccsc2)s1. The normalized spacial score (nSPS) is 14.8. The molecule has 0 aliphatic rings. The van der Waals surface area contributed by atoms with E-state index in [4.69, 9.17) is 0 Å². The summed E-state index contributed by atoms with van der Waals surface area (Å²) in [5.41, 5.74) is 1.41. The van der Waals surface area contributed by atoms with E-state index in [1.165, 1.54) is 15.4 Å². The molecule has 2 rings (SSSR count). The van der Waals surface area contributed by atoms with Gasteiger partial charge in [0.15, 0.2) is 0 Å². The molecule has 92 valence electrons. The molecule has 0 saturated heterocycles. The summed E-state index contributed by atoms with van der Waals surface area (Å²) in [6.07, 6.45) is 3.03. The Balaban J connectivity index is 1.88. The van der Waals surface area contributed by atoms with Crippen LogP contribution < -0.4 is 5.32 Å². The zero-order chi connectivity index (χ0) is 12.3. The van der Waals surface area contributed by atoms with Gasteiger partial charge in [-0.2, -0.15) is 11.3 Å². The van der Waals surface area contributed by atoms with Crippen molar-refractivity contribution in [3.8, 4) is 0 Å². The van der Waals surface area contributed by atoms with E-state index in [2.05, 4.69) is 47.9 Å². The van der Waals surface area contributed by atoms with E-state index in [0.717, 1.165) is 6.42 Å². The number of rotatable bonds is 5. The second-order valence-electron chi connectivity index (χ2n) is 4.43. The number of aromatic nitrogens is 1. The maximum absolute atomic E-state index is 4.42. The molecule has 1 N–H and O–H groups in total. The van der Waals surface area contributed by atoms with Gasteiger partial charge in [-0.15, -0.1) is 11.3 Å². The van der Waals surface area contributed by atoms with Crippen molar-refractivity contribution in [1.29, 1.82) is 0 Å². The molecule has 17 heavy (non-hydrogen) atoms. The van der Waals surface area contributed by atoms with Crippen molar-refractivity contribution in [3.05, 3.63) is 38.5 Å². The van der Waals surface area contributed by atoms with Crippen LogP contribution in [0.25, 0.3) is 0 Å². The molecule has 0 unspecified atom stereocenters. The highest BCUT2D eigenvalue weighted by molar-refractivity contribution is 7.11. The van der Waals surface area contributed by atoms with Crippen LogP contribution in [0.4, 0.5) is 0 Å². The third kappa shape index (κ3) is 3.63. The van der Waals surface area contributed by atoms with E-state index < -0.39 is 0 Å². The Morgan fingerprint density at radius 2 is 2.24 bits per heavy atom. The number of nitrogens with zero attached hydrogens (tertiary/aromatic N) is 1. The van der Waals surface area contributed by atoms with Crippen molar-refractivity contribution in [1.82, 2.24) is 10.3 Å². The predicted molar refractivity (Wildman–Crippen MR) is 75.9 cm³/mol. The standard InChI is InChI=1S/C13H18N2S2/c1-9(6-12-4-5-16-8-12)15-11(3)13-14-7-10(2)17-13/h4-5,7-9,11,15H,6H2,1-3H3/t9-,11+/m1/s1. The number of aryl methyl sites for hydroxylation is 1. The quantitative estimate of drug-likeness (QED) is 0.890. The molecular weight excluding hydrogens is 248 g/mol. The summed E-state index contributed by atoms with van der Waals surface area (Å²) in [5, 5.41) is 9.13. The van der Waals surface area contributed by atoms with Crippen LogP contribution in [-0.2, 0) is 6.42 Å². The second kappa shape index (κ2) is 5.76. The van der Waals surface area contributed by atoms with Crippen LogP contribution in [0.15, 0.2) is 23.0 Å². The van der Waals surface area contributed by atoms with Crippen LogP contribution in [0.5, 0.6) is 0 Å². The Morgan fingerprint density at radius 1 is 1.41 bits per heavy atom.